The Morgan fingerprint density at radius 3 is 2.89 bits per heavy atom. The highest BCUT2D eigenvalue weighted by atomic mass is 19.1. The van der Waals surface area contributed by atoms with Crippen molar-refractivity contribution in [2.45, 2.75) is 32.2 Å². The number of likely N-dealkylation sites (tertiary alicyclic amines) is 1. The zero-order valence-corrected chi connectivity index (χ0v) is 15.2. The van der Waals surface area contributed by atoms with Crippen LogP contribution in [0.1, 0.15) is 30.0 Å². The van der Waals surface area contributed by atoms with E-state index in [4.69, 9.17) is 0 Å². The third-order valence-corrected chi connectivity index (χ3v) is 5.20. The molecule has 0 bridgehead atoms. The van der Waals surface area contributed by atoms with Crippen molar-refractivity contribution in [3.05, 3.63) is 69.9 Å². The van der Waals surface area contributed by atoms with E-state index in [1.807, 2.05) is 37.3 Å². The van der Waals surface area contributed by atoms with Gasteiger partial charge >= 0.3 is 5.69 Å². The number of fused-ring (bicyclic) bond motifs is 1. The van der Waals surface area contributed by atoms with E-state index in [9.17, 15) is 14.0 Å². The smallest absolute Gasteiger partial charge is 0.326 e. The average Bonchev–Trinajstić information content (AvgIpc) is 2.96. The average molecular weight is 367 g/mol. The molecule has 140 valence electrons. The summed E-state index contributed by atoms with van der Waals surface area (Å²) < 4.78 is 15.4. The highest BCUT2D eigenvalue weighted by Gasteiger charge is 2.27. The van der Waals surface area contributed by atoms with Crippen molar-refractivity contribution in [1.82, 2.24) is 14.5 Å². The van der Waals surface area contributed by atoms with Gasteiger partial charge in [-0.1, -0.05) is 18.2 Å². The maximum absolute atomic E-state index is 13.6. The lowest BCUT2D eigenvalue weighted by Crippen LogP contribution is -2.43. The van der Waals surface area contributed by atoms with Gasteiger partial charge in [-0.15, -0.1) is 0 Å². The molecule has 2 heterocycles. The molecular formula is C21H22FN3O2. The number of nitrogens with one attached hydrogen (secondary N) is 1. The molecule has 1 aliphatic rings. The number of piperidine rings is 1. The lowest BCUT2D eigenvalue weighted by molar-refractivity contribution is -0.132. The molecule has 0 saturated carbocycles. The lowest BCUT2D eigenvalue weighted by Gasteiger charge is -2.33. The first-order chi connectivity index (χ1) is 13.0. The number of para-hydroxylation sites is 2. The molecule has 4 rings (SSSR count). The van der Waals surface area contributed by atoms with Gasteiger partial charge in [0.15, 0.2) is 0 Å². The number of H-pyrrole nitrogens is 1. The van der Waals surface area contributed by atoms with E-state index in [-0.39, 0.29) is 29.9 Å². The van der Waals surface area contributed by atoms with Gasteiger partial charge in [0.25, 0.3) is 0 Å². The summed E-state index contributed by atoms with van der Waals surface area (Å²) in [6.45, 7) is 2.98. The van der Waals surface area contributed by atoms with Crippen LogP contribution in [0.4, 0.5) is 4.39 Å². The first-order valence-electron chi connectivity index (χ1n) is 9.24. The number of halogens is 1. The SMILES string of the molecule is Cc1cc(F)cc(CC(=O)N2CCC[C@H](n3c(=O)[nH]c4ccccc43)C2)c1. The largest absolute Gasteiger partial charge is 0.340 e. The molecule has 1 aromatic heterocycles. The van der Waals surface area contributed by atoms with Gasteiger partial charge in [-0.3, -0.25) is 9.36 Å². The van der Waals surface area contributed by atoms with Crippen LogP contribution in [-0.2, 0) is 11.2 Å². The monoisotopic (exact) mass is 367 g/mol. The van der Waals surface area contributed by atoms with Crippen molar-refractivity contribution in [2.24, 2.45) is 0 Å². The van der Waals surface area contributed by atoms with E-state index >= 15 is 0 Å². The maximum Gasteiger partial charge on any atom is 0.326 e. The van der Waals surface area contributed by atoms with Crippen LogP contribution in [-0.4, -0.2) is 33.4 Å². The second-order valence-electron chi connectivity index (χ2n) is 7.27. The number of hydrogen-bond donors (Lipinski definition) is 1. The third kappa shape index (κ3) is 3.52. The van der Waals surface area contributed by atoms with Gasteiger partial charge in [-0.2, -0.15) is 0 Å². The molecule has 6 heteroatoms. The number of aromatic amines is 1. The number of rotatable bonds is 3. The molecule has 0 aliphatic carbocycles. The van der Waals surface area contributed by atoms with Crippen LogP contribution in [0.3, 0.4) is 0 Å². The molecule has 1 fully saturated rings. The molecule has 1 saturated heterocycles. The summed E-state index contributed by atoms with van der Waals surface area (Å²) in [5.41, 5.74) is 3.02. The summed E-state index contributed by atoms with van der Waals surface area (Å²) >= 11 is 0. The van der Waals surface area contributed by atoms with Crippen molar-refractivity contribution < 1.29 is 9.18 Å². The quantitative estimate of drug-likeness (QED) is 0.773. The molecule has 0 radical (unpaired) electrons. The topological polar surface area (TPSA) is 58.1 Å². The minimum atomic E-state index is -0.320. The van der Waals surface area contributed by atoms with E-state index in [1.54, 1.807) is 9.47 Å². The summed E-state index contributed by atoms with van der Waals surface area (Å²) in [5, 5.41) is 0. The van der Waals surface area contributed by atoms with Gasteiger partial charge in [-0.25, -0.2) is 9.18 Å². The fourth-order valence-electron chi connectivity index (χ4n) is 4.03. The highest BCUT2D eigenvalue weighted by Crippen LogP contribution is 2.24. The number of carbonyl (C=O) groups is 1. The van der Waals surface area contributed by atoms with Crippen LogP contribution < -0.4 is 5.69 Å². The Balaban J connectivity index is 1.54. The van der Waals surface area contributed by atoms with Crippen molar-refractivity contribution in [3.8, 4) is 0 Å². The molecule has 5 nitrogen and oxygen atoms in total. The van der Waals surface area contributed by atoms with E-state index < -0.39 is 0 Å². The standard InChI is InChI=1S/C21H22FN3O2/c1-14-9-15(11-16(22)10-14)12-20(26)24-8-4-5-17(13-24)25-19-7-3-2-6-18(19)23-21(25)27/h2-3,6-7,9-11,17H,4-5,8,12-13H2,1H3,(H,23,27)/t17-/m0/s1. The Kier molecular flexibility index (Phi) is 4.56. The Morgan fingerprint density at radius 2 is 2.07 bits per heavy atom. The normalized spacial score (nSPS) is 17.4. The van der Waals surface area contributed by atoms with Crippen LogP contribution in [0.25, 0.3) is 11.0 Å². The number of imidazole rings is 1. The first kappa shape index (κ1) is 17.5. The second kappa shape index (κ2) is 7.02. The minimum absolute atomic E-state index is 0.0300. The zero-order chi connectivity index (χ0) is 19.0. The van der Waals surface area contributed by atoms with E-state index in [0.717, 1.165) is 29.4 Å². The van der Waals surface area contributed by atoms with Crippen molar-refractivity contribution >= 4 is 16.9 Å². The Labute approximate surface area is 156 Å². The predicted molar refractivity (Wildman–Crippen MR) is 102 cm³/mol. The second-order valence-corrected chi connectivity index (χ2v) is 7.27. The van der Waals surface area contributed by atoms with E-state index in [2.05, 4.69) is 4.98 Å². The van der Waals surface area contributed by atoms with Crippen LogP contribution in [0.15, 0.2) is 47.3 Å². The van der Waals surface area contributed by atoms with Crippen LogP contribution >= 0.6 is 0 Å². The third-order valence-electron chi connectivity index (χ3n) is 5.20. The van der Waals surface area contributed by atoms with Crippen LogP contribution in [0.5, 0.6) is 0 Å². The van der Waals surface area contributed by atoms with Crippen molar-refractivity contribution in [3.63, 3.8) is 0 Å². The summed E-state index contributed by atoms with van der Waals surface area (Å²) in [4.78, 5) is 29.9. The predicted octanol–water partition coefficient (Wildman–Crippen LogP) is 3.18. The summed E-state index contributed by atoms with van der Waals surface area (Å²) in [7, 11) is 0. The number of carbonyl (C=O) groups excluding carboxylic acids is 1. The molecule has 2 aromatic carbocycles. The number of benzene rings is 2. The summed E-state index contributed by atoms with van der Waals surface area (Å²) in [5.74, 6) is -0.350. The molecule has 1 aliphatic heterocycles. The van der Waals surface area contributed by atoms with Gasteiger partial charge in [0.2, 0.25) is 5.91 Å². The molecule has 0 unspecified atom stereocenters. The van der Waals surface area contributed by atoms with Crippen LogP contribution in [0.2, 0.25) is 0 Å². The first-order valence-corrected chi connectivity index (χ1v) is 9.24. The minimum Gasteiger partial charge on any atom is -0.340 e. The number of aromatic nitrogens is 2. The lowest BCUT2D eigenvalue weighted by atomic mass is 10.0. The van der Waals surface area contributed by atoms with Crippen molar-refractivity contribution in [2.75, 3.05) is 13.1 Å². The number of hydrogen-bond acceptors (Lipinski definition) is 2. The van der Waals surface area contributed by atoms with Gasteiger partial charge in [0, 0.05) is 13.1 Å². The Bertz CT molecular complexity index is 1030. The molecule has 0 spiro atoms. The molecular weight excluding hydrogens is 345 g/mol. The maximum atomic E-state index is 13.6. The zero-order valence-electron chi connectivity index (χ0n) is 15.2. The van der Waals surface area contributed by atoms with Gasteiger partial charge < -0.3 is 9.88 Å². The van der Waals surface area contributed by atoms with Gasteiger partial charge in [-0.05, 0) is 55.2 Å². The molecule has 27 heavy (non-hydrogen) atoms. The fourth-order valence-corrected chi connectivity index (χ4v) is 4.03. The Hall–Kier alpha value is -2.89. The van der Waals surface area contributed by atoms with Crippen molar-refractivity contribution in [1.29, 1.82) is 0 Å². The van der Waals surface area contributed by atoms with Gasteiger partial charge in [0.05, 0.1) is 23.5 Å². The fraction of sp³-hybridized carbons (Fsp3) is 0.333. The van der Waals surface area contributed by atoms with Gasteiger partial charge in [0.1, 0.15) is 5.82 Å². The van der Waals surface area contributed by atoms with E-state index in [1.165, 1.54) is 12.1 Å². The number of aryl methyl sites for hydroxylation is 1. The molecule has 1 atom stereocenters. The number of amides is 1. The van der Waals surface area contributed by atoms with Crippen LogP contribution in [0, 0.1) is 12.7 Å². The summed E-state index contributed by atoms with van der Waals surface area (Å²) in [6, 6.07) is 12.2. The molecule has 3 aromatic rings. The molecule has 1 N–H and O–H groups in total. The van der Waals surface area contributed by atoms with E-state index in [0.29, 0.717) is 18.7 Å². The number of nitrogens with zero attached hydrogens (tertiary/aromatic N) is 2. The molecule has 1 amide bonds. The highest BCUT2D eigenvalue weighted by molar-refractivity contribution is 5.79. The summed E-state index contributed by atoms with van der Waals surface area (Å²) in [6.07, 6.45) is 1.86. The Morgan fingerprint density at radius 1 is 1.26 bits per heavy atom.